The fourth-order valence-corrected chi connectivity index (χ4v) is 2.60. The molecule has 0 aromatic carbocycles. The first kappa shape index (κ1) is 16.3. The van der Waals surface area contributed by atoms with Gasteiger partial charge in [-0.25, -0.2) is 0 Å². The Morgan fingerprint density at radius 1 is 1.32 bits per heavy atom. The smallest absolute Gasteiger partial charge is 0.274 e. The van der Waals surface area contributed by atoms with E-state index in [1.165, 1.54) is 0 Å². The van der Waals surface area contributed by atoms with Crippen molar-refractivity contribution in [3.05, 3.63) is 35.0 Å². The van der Waals surface area contributed by atoms with Gasteiger partial charge in [0.25, 0.3) is 5.91 Å². The molecule has 2 heterocycles. The van der Waals surface area contributed by atoms with Crippen LogP contribution in [0.4, 0.5) is 0 Å². The van der Waals surface area contributed by atoms with Gasteiger partial charge in [0, 0.05) is 18.8 Å². The van der Waals surface area contributed by atoms with Gasteiger partial charge in [-0.05, 0) is 32.8 Å². The molecule has 0 aliphatic carbocycles. The molecule has 0 N–H and O–H groups in total. The lowest BCUT2D eigenvalue weighted by Crippen LogP contribution is -2.27. The lowest BCUT2D eigenvalue weighted by molar-refractivity contribution is 0.0775. The van der Waals surface area contributed by atoms with Gasteiger partial charge in [0.15, 0.2) is 5.69 Å². The Morgan fingerprint density at radius 2 is 2.00 bits per heavy atom. The molecule has 0 radical (unpaired) electrons. The van der Waals surface area contributed by atoms with Crippen LogP contribution in [0, 0.1) is 13.8 Å². The second kappa shape index (κ2) is 6.77. The first-order valence-corrected chi connectivity index (χ1v) is 7.70. The highest BCUT2D eigenvalue weighted by atomic mass is 16.5. The third-order valence-electron chi connectivity index (χ3n) is 3.85. The summed E-state index contributed by atoms with van der Waals surface area (Å²) in [6.45, 7) is 8.50. The summed E-state index contributed by atoms with van der Waals surface area (Å²) in [6, 6.07) is 4.02. The summed E-state index contributed by atoms with van der Waals surface area (Å²) in [5, 5.41) is 8.42. The Bertz CT molecular complexity index is 640. The van der Waals surface area contributed by atoms with E-state index in [9.17, 15) is 4.79 Å². The maximum absolute atomic E-state index is 12.5. The Kier molecular flexibility index (Phi) is 5.00. The van der Waals surface area contributed by atoms with E-state index < -0.39 is 0 Å². The molecule has 2 aromatic rings. The molecule has 0 saturated carbocycles. The van der Waals surface area contributed by atoms with Crippen LogP contribution in [0.15, 0.2) is 16.7 Å². The van der Waals surface area contributed by atoms with Crippen molar-refractivity contribution in [2.24, 2.45) is 0 Å². The van der Waals surface area contributed by atoms with E-state index in [2.05, 4.69) is 24.1 Å². The van der Waals surface area contributed by atoms with Crippen molar-refractivity contribution in [3.63, 3.8) is 0 Å². The summed E-state index contributed by atoms with van der Waals surface area (Å²) in [7, 11) is 1.75. The third-order valence-corrected chi connectivity index (χ3v) is 3.85. The molecular formula is C16H24N4O2. The molecule has 2 aromatic heterocycles. The first-order chi connectivity index (χ1) is 10.5. The SMILES string of the molecule is CCC(CC)n1nc(C(=O)N(C)Cc2cc(C)on2)cc1C. The number of carbonyl (C=O) groups excluding carboxylic acids is 1. The van der Waals surface area contributed by atoms with Gasteiger partial charge in [0.1, 0.15) is 11.5 Å². The van der Waals surface area contributed by atoms with Gasteiger partial charge < -0.3 is 9.42 Å². The Morgan fingerprint density at radius 3 is 2.55 bits per heavy atom. The molecule has 6 heteroatoms. The lowest BCUT2D eigenvalue weighted by atomic mass is 10.2. The number of hydrogen-bond acceptors (Lipinski definition) is 4. The molecule has 0 aliphatic heterocycles. The summed E-state index contributed by atoms with van der Waals surface area (Å²) >= 11 is 0. The normalized spacial score (nSPS) is 11.2. The van der Waals surface area contributed by atoms with Crippen LogP contribution in [0.3, 0.4) is 0 Å². The molecule has 2 rings (SSSR count). The van der Waals surface area contributed by atoms with E-state index in [0.717, 1.165) is 30.0 Å². The number of rotatable bonds is 6. The van der Waals surface area contributed by atoms with Crippen molar-refractivity contribution in [3.8, 4) is 0 Å². The van der Waals surface area contributed by atoms with Crippen LogP contribution in [-0.4, -0.2) is 32.8 Å². The highest BCUT2D eigenvalue weighted by Crippen LogP contribution is 2.18. The first-order valence-electron chi connectivity index (χ1n) is 7.70. The van der Waals surface area contributed by atoms with E-state index in [-0.39, 0.29) is 5.91 Å². The van der Waals surface area contributed by atoms with Crippen LogP contribution in [0.25, 0.3) is 0 Å². The number of aryl methyl sites for hydroxylation is 2. The molecule has 0 unspecified atom stereocenters. The van der Waals surface area contributed by atoms with Crippen LogP contribution in [0.5, 0.6) is 0 Å². The van der Waals surface area contributed by atoms with E-state index in [0.29, 0.717) is 18.3 Å². The van der Waals surface area contributed by atoms with E-state index in [1.54, 1.807) is 11.9 Å². The zero-order valence-corrected chi connectivity index (χ0v) is 14.0. The van der Waals surface area contributed by atoms with Crippen LogP contribution in [0.2, 0.25) is 0 Å². The van der Waals surface area contributed by atoms with Crippen molar-refractivity contribution in [1.82, 2.24) is 19.8 Å². The number of amides is 1. The topological polar surface area (TPSA) is 64.2 Å². The van der Waals surface area contributed by atoms with Gasteiger partial charge in [-0.1, -0.05) is 19.0 Å². The highest BCUT2D eigenvalue weighted by molar-refractivity contribution is 5.92. The average Bonchev–Trinajstić information content (AvgIpc) is 3.06. The van der Waals surface area contributed by atoms with E-state index in [1.807, 2.05) is 30.7 Å². The fourth-order valence-electron chi connectivity index (χ4n) is 2.60. The second-order valence-electron chi connectivity index (χ2n) is 5.68. The molecular weight excluding hydrogens is 280 g/mol. The zero-order chi connectivity index (χ0) is 16.3. The Hall–Kier alpha value is -2.11. The van der Waals surface area contributed by atoms with E-state index >= 15 is 0 Å². The molecule has 120 valence electrons. The monoisotopic (exact) mass is 304 g/mol. The van der Waals surface area contributed by atoms with Gasteiger partial charge in [-0.15, -0.1) is 0 Å². The molecule has 22 heavy (non-hydrogen) atoms. The number of carbonyl (C=O) groups is 1. The van der Waals surface area contributed by atoms with Gasteiger partial charge in [0.2, 0.25) is 0 Å². The average molecular weight is 304 g/mol. The molecule has 0 saturated heterocycles. The van der Waals surface area contributed by atoms with Crippen LogP contribution in [-0.2, 0) is 6.54 Å². The van der Waals surface area contributed by atoms with Gasteiger partial charge in [-0.2, -0.15) is 5.10 Å². The molecule has 6 nitrogen and oxygen atoms in total. The van der Waals surface area contributed by atoms with Crippen molar-refractivity contribution < 1.29 is 9.32 Å². The minimum Gasteiger partial charge on any atom is -0.361 e. The predicted molar refractivity (Wildman–Crippen MR) is 83.6 cm³/mol. The minimum absolute atomic E-state index is 0.103. The van der Waals surface area contributed by atoms with E-state index in [4.69, 9.17) is 4.52 Å². The lowest BCUT2D eigenvalue weighted by Gasteiger charge is -2.16. The number of aromatic nitrogens is 3. The molecule has 0 spiro atoms. The quantitative estimate of drug-likeness (QED) is 0.822. The van der Waals surface area contributed by atoms with Crippen LogP contribution in [0.1, 0.15) is 60.4 Å². The summed E-state index contributed by atoms with van der Waals surface area (Å²) in [6.07, 6.45) is 2.00. The van der Waals surface area contributed by atoms with Gasteiger partial charge >= 0.3 is 0 Å². The summed E-state index contributed by atoms with van der Waals surface area (Å²) in [4.78, 5) is 14.1. The zero-order valence-electron chi connectivity index (χ0n) is 14.0. The standard InChI is InChI=1S/C16H24N4O2/c1-6-14(7-2)20-11(3)8-15(17-20)16(21)19(5)10-13-9-12(4)22-18-13/h8-9,14H,6-7,10H2,1-5H3. The van der Waals surface area contributed by atoms with Crippen LogP contribution >= 0.6 is 0 Å². The molecule has 0 bridgehead atoms. The maximum Gasteiger partial charge on any atom is 0.274 e. The van der Waals surface area contributed by atoms with Gasteiger partial charge in [-0.3, -0.25) is 9.48 Å². The Labute approximate surface area is 131 Å². The van der Waals surface area contributed by atoms with Crippen molar-refractivity contribution in [1.29, 1.82) is 0 Å². The van der Waals surface area contributed by atoms with Gasteiger partial charge in [0.05, 0.1) is 12.6 Å². The van der Waals surface area contributed by atoms with Crippen molar-refractivity contribution in [2.75, 3.05) is 7.05 Å². The number of hydrogen-bond donors (Lipinski definition) is 0. The van der Waals surface area contributed by atoms with Crippen LogP contribution < -0.4 is 0 Å². The number of nitrogens with zero attached hydrogens (tertiary/aromatic N) is 4. The van der Waals surface area contributed by atoms with Crippen molar-refractivity contribution >= 4 is 5.91 Å². The molecule has 0 atom stereocenters. The minimum atomic E-state index is -0.103. The largest absolute Gasteiger partial charge is 0.361 e. The predicted octanol–water partition coefficient (Wildman–Crippen LogP) is 3.12. The third kappa shape index (κ3) is 3.37. The molecule has 1 amide bonds. The summed E-state index contributed by atoms with van der Waals surface area (Å²) in [5.41, 5.74) is 2.24. The molecule has 0 fully saturated rings. The summed E-state index contributed by atoms with van der Waals surface area (Å²) in [5.74, 6) is 0.637. The highest BCUT2D eigenvalue weighted by Gasteiger charge is 2.20. The fraction of sp³-hybridized carbons (Fsp3) is 0.562. The maximum atomic E-state index is 12.5. The second-order valence-corrected chi connectivity index (χ2v) is 5.68. The summed E-state index contributed by atoms with van der Waals surface area (Å²) < 4.78 is 6.99. The molecule has 0 aliphatic rings. The van der Waals surface area contributed by atoms with Crippen molar-refractivity contribution in [2.45, 2.75) is 53.1 Å². The Balaban J connectivity index is 2.13.